The minimum atomic E-state index is -0.171. The number of benzene rings is 1. The lowest BCUT2D eigenvalue weighted by molar-refractivity contribution is 0.0937. The first-order chi connectivity index (χ1) is 15.0. The fraction of sp³-hybridized carbons (Fsp3) is 0.375. The van der Waals surface area contributed by atoms with Crippen molar-refractivity contribution in [2.75, 3.05) is 5.32 Å². The molecule has 0 saturated heterocycles. The number of amides is 2. The van der Waals surface area contributed by atoms with Gasteiger partial charge in [-0.15, -0.1) is 0 Å². The Labute approximate surface area is 181 Å². The third-order valence-corrected chi connectivity index (χ3v) is 6.58. The second-order valence-electron chi connectivity index (χ2n) is 8.69. The normalized spacial score (nSPS) is 15.4. The Balaban J connectivity index is 1.36. The number of aromatic nitrogens is 3. The third-order valence-electron chi connectivity index (χ3n) is 6.58. The summed E-state index contributed by atoms with van der Waals surface area (Å²) in [6.07, 6.45) is 7.15. The second-order valence-corrected chi connectivity index (χ2v) is 8.69. The number of anilines is 1. The van der Waals surface area contributed by atoms with Crippen LogP contribution >= 0.6 is 0 Å². The second kappa shape index (κ2) is 7.72. The Morgan fingerprint density at radius 1 is 1.06 bits per heavy atom. The lowest BCUT2D eigenvalue weighted by Crippen LogP contribution is -2.32. The van der Waals surface area contributed by atoms with Crippen molar-refractivity contribution in [2.24, 2.45) is 0 Å². The quantitative estimate of drug-likeness (QED) is 0.600. The molecule has 2 aliphatic rings. The first kappa shape index (κ1) is 19.6. The van der Waals surface area contributed by atoms with E-state index < -0.39 is 0 Å². The number of carbonyl (C=O) groups is 2. The van der Waals surface area contributed by atoms with E-state index in [0.29, 0.717) is 23.0 Å². The summed E-state index contributed by atoms with van der Waals surface area (Å²) in [5.41, 5.74) is 6.29. The highest BCUT2D eigenvalue weighted by atomic mass is 16.2. The molecule has 2 aromatic heterocycles. The fourth-order valence-corrected chi connectivity index (χ4v) is 4.59. The summed E-state index contributed by atoms with van der Waals surface area (Å²) in [6.45, 7) is 4.76. The molecule has 1 saturated carbocycles. The summed E-state index contributed by atoms with van der Waals surface area (Å²) in [5, 5.41) is 13.5. The van der Waals surface area contributed by atoms with Crippen LogP contribution in [0.15, 0.2) is 30.5 Å². The Kier molecular flexibility index (Phi) is 4.88. The van der Waals surface area contributed by atoms with Crippen LogP contribution < -0.4 is 10.6 Å². The van der Waals surface area contributed by atoms with Crippen molar-refractivity contribution in [3.63, 3.8) is 0 Å². The van der Waals surface area contributed by atoms with Crippen LogP contribution in [0.25, 0.3) is 11.4 Å². The number of nitrogens with one attached hydrogen (secondary N) is 3. The van der Waals surface area contributed by atoms with Crippen LogP contribution in [0.2, 0.25) is 0 Å². The zero-order valence-electron chi connectivity index (χ0n) is 17.9. The van der Waals surface area contributed by atoms with E-state index in [0.717, 1.165) is 53.9 Å². The van der Waals surface area contributed by atoms with Gasteiger partial charge in [0.1, 0.15) is 0 Å². The SMILES string of the molecule is Cc1ccc(C(=O)Nc2n[nH]c3c2CCn2cc(C(=O)NC4CCCC4)cc2-3)cc1C. The van der Waals surface area contributed by atoms with Gasteiger partial charge in [0, 0.05) is 29.9 Å². The van der Waals surface area contributed by atoms with Crippen LogP contribution in [0, 0.1) is 13.8 Å². The van der Waals surface area contributed by atoms with Gasteiger partial charge in [0.25, 0.3) is 11.8 Å². The molecule has 0 unspecified atom stereocenters. The van der Waals surface area contributed by atoms with Crippen LogP contribution in [0.4, 0.5) is 5.82 Å². The molecule has 7 nitrogen and oxygen atoms in total. The van der Waals surface area contributed by atoms with Crippen molar-refractivity contribution in [3.05, 3.63) is 58.3 Å². The van der Waals surface area contributed by atoms with E-state index in [4.69, 9.17) is 0 Å². The minimum Gasteiger partial charge on any atom is -0.349 e. The lowest BCUT2D eigenvalue weighted by Gasteiger charge is -2.16. The van der Waals surface area contributed by atoms with Gasteiger partial charge in [-0.1, -0.05) is 18.9 Å². The molecule has 1 aromatic carbocycles. The van der Waals surface area contributed by atoms with Crippen LogP contribution in [0.3, 0.4) is 0 Å². The molecule has 160 valence electrons. The number of rotatable bonds is 4. The van der Waals surface area contributed by atoms with Gasteiger partial charge in [-0.2, -0.15) is 5.10 Å². The maximum Gasteiger partial charge on any atom is 0.256 e. The van der Waals surface area contributed by atoms with Crippen molar-refractivity contribution in [1.29, 1.82) is 0 Å². The molecule has 0 bridgehead atoms. The third kappa shape index (κ3) is 3.65. The van der Waals surface area contributed by atoms with Crippen LogP contribution in [0.1, 0.15) is 63.1 Å². The highest BCUT2D eigenvalue weighted by Gasteiger charge is 2.26. The van der Waals surface area contributed by atoms with Crippen LogP contribution in [-0.4, -0.2) is 32.6 Å². The van der Waals surface area contributed by atoms with Gasteiger partial charge in [-0.3, -0.25) is 14.7 Å². The lowest BCUT2D eigenvalue weighted by atomic mass is 10.0. The zero-order valence-corrected chi connectivity index (χ0v) is 17.9. The number of aromatic amines is 1. The molecule has 3 aromatic rings. The molecule has 0 radical (unpaired) electrons. The smallest absolute Gasteiger partial charge is 0.256 e. The van der Waals surface area contributed by atoms with Gasteiger partial charge in [-0.05, 0) is 62.4 Å². The van der Waals surface area contributed by atoms with E-state index in [1.165, 1.54) is 12.8 Å². The number of aryl methyl sites for hydroxylation is 3. The van der Waals surface area contributed by atoms with Crippen molar-refractivity contribution in [2.45, 2.75) is 58.5 Å². The van der Waals surface area contributed by atoms with Gasteiger partial charge in [0.05, 0.1) is 17.0 Å². The van der Waals surface area contributed by atoms with E-state index in [-0.39, 0.29) is 11.8 Å². The maximum absolute atomic E-state index is 12.7. The molecule has 3 N–H and O–H groups in total. The predicted octanol–water partition coefficient (Wildman–Crippen LogP) is 3.98. The van der Waals surface area contributed by atoms with Crippen molar-refractivity contribution in [1.82, 2.24) is 20.1 Å². The van der Waals surface area contributed by atoms with E-state index in [1.807, 2.05) is 44.3 Å². The molecule has 1 aliphatic heterocycles. The molecule has 7 heteroatoms. The number of carbonyl (C=O) groups excluding carboxylic acids is 2. The van der Waals surface area contributed by atoms with Gasteiger partial charge >= 0.3 is 0 Å². The van der Waals surface area contributed by atoms with Gasteiger partial charge in [-0.25, -0.2) is 0 Å². The standard InChI is InChI=1S/C24H27N5O2/c1-14-7-8-16(11-15(14)2)23(30)26-22-19-9-10-29-13-17(12-20(29)21(19)27-28-22)24(31)25-18-5-3-4-6-18/h7-8,11-13,18H,3-6,9-10H2,1-2H3,(H,25,31)(H2,26,27,28,30). The van der Waals surface area contributed by atoms with Gasteiger partial charge in [0.2, 0.25) is 0 Å². The first-order valence-electron chi connectivity index (χ1n) is 11.0. The number of hydrogen-bond acceptors (Lipinski definition) is 3. The predicted molar refractivity (Wildman–Crippen MR) is 119 cm³/mol. The summed E-state index contributed by atoms with van der Waals surface area (Å²) in [7, 11) is 0. The Hall–Kier alpha value is -3.35. The largest absolute Gasteiger partial charge is 0.349 e. The molecule has 0 atom stereocenters. The Morgan fingerprint density at radius 2 is 1.87 bits per heavy atom. The summed E-state index contributed by atoms with van der Waals surface area (Å²) in [5.74, 6) is 0.371. The molecule has 1 aliphatic carbocycles. The van der Waals surface area contributed by atoms with Crippen LogP contribution in [-0.2, 0) is 13.0 Å². The average Bonchev–Trinajstić information content (AvgIpc) is 3.49. The molecule has 2 amide bonds. The molecule has 0 spiro atoms. The van der Waals surface area contributed by atoms with E-state index in [9.17, 15) is 9.59 Å². The van der Waals surface area contributed by atoms with E-state index >= 15 is 0 Å². The number of H-pyrrole nitrogens is 1. The molecule has 1 fully saturated rings. The average molecular weight is 418 g/mol. The number of nitrogens with zero attached hydrogens (tertiary/aromatic N) is 2. The fourth-order valence-electron chi connectivity index (χ4n) is 4.59. The number of fused-ring (bicyclic) bond motifs is 3. The van der Waals surface area contributed by atoms with Crippen molar-refractivity contribution < 1.29 is 9.59 Å². The summed E-state index contributed by atoms with van der Waals surface area (Å²) in [6, 6.07) is 7.88. The van der Waals surface area contributed by atoms with Gasteiger partial charge in [0.15, 0.2) is 5.82 Å². The van der Waals surface area contributed by atoms with E-state index in [2.05, 4.69) is 25.4 Å². The summed E-state index contributed by atoms with van der Waals surface area (Å²) >= 11 is 0. The monoisotopic (exact) mass is 417 g/mol. The summed E-state index contributed by atoms with van der Waals surface area (Å²) in [4.78, 5) is 25.4. The van der Waals surface area contributed by atoms with Crippen molar-refractivity contribution in [3.8, 4) is 11.4 Å². The van der Waals surface area contributed by atoms with E-state index in [1.54, 1.807) is 0 Å². The first-order valence-corrected chi connectivity index (χ1v) is 11.0. The highest BCUT2D eigenvalue weighted by molar-refractivity contribution is 6.04. The molecule has 3 heterocycles. The molecular weight excluding hydrogens is 390 g/mol. The molecule has 31 heavy (non-hydrogen) atoms. The molecule has 5 rings (SSSR count). The highest BCUT2D eigenvalue weighted by Crippen LogP contribution is 2.33. The summed E-state index contributed by atoms with van der Waals surface area (Å²) < 4.78 is 2.08. The van der Waals surface area contributed by atoms with Crippen LogP contribution in [0.5, 0.6) is 0 Å². The Morgan fingerprint density at radius 3 is 2.65 bits per heavy atom. The Bertz CT molecular complexity index is 1170. The number of hydrogen-bond donors (Lipinski definition) is 3. The molecular formula is C24H27N5O2. The maximum atomic E-state index is 12.7. The minimum absolute atomic E-state index is 0.0156. The zero-order chi connectivity index (χ0) is 21.5. The topological polar surface area (TPSA) is 91.8 Å². The van der Waals surface area contributed by atoms with Gasteiger partial charge < -0.3 is 15.2 Å². The van der Waals surface area contributed by atoms with Crippen molar-refractivity contribution >= 4 is 17.6 Å².